The van der Waals surface area contributed by atoms with E-state index >= 15 is 0 Å². The van der Waals surface area contributed by atoms with Crippen LogP contribution in [0.5, 0.6) is 0 Å². The Balaban J connectivity index is 1.92. The molecule has 0 radical (unpaired) electrons. The molecule has 3 rings (SSSR count). The fourth-order valence-electron chi connectivity index (χ4n) is 3.82. The van der Waals surface area contributed by atoms with Gasteiger partial charge in [-0.05, 0) is 25.7 Å². The van der Waals surface area contributed by atoms with Crippen molar-refractivity contribution in [2.45, 2.75) is 69.2 Å². The Morgan fingerprint density at radius 1 is 1.17 bits per heavy atom. The number of rotatable bonds is 3. The summed E-state index contributed by atoms with van der Waals surface area (Å²) in [4.78, 5) is 0. The van der Waals surface area contributed by atoms with Gasteiger partial charge in [0.25, 0.3) is 0 Å². The zero-order chi connectivity index (χ0) is 12.4. The van der Waals surface area contributed by atoms with Gasteiger partial charge >= 0.3 is 0 Å². The first-order valence-corrected chi connectivity index (χ1v) is 7.46. The average Bonchev–Trinajstić information content (AvgIpc) is 3.10. The van der Waals surface area contributed by atoms with Gasteiger partial charge in [-0.1, -0.05) is 32.1 Å². The number of aromatic nitrogens is 3. The second-order valence-corrected chi connectivity index (χ2v) is 6.05. The maximum absolute atomic E-state index is 6.12. The van der Waals surface area contributed by atoms with Crippen LogP contribution in [0.4, 0.5) is 0 Å². The van der Waals surface area contributed by atoms with Gasteiger partial charge in [0.2, 0.25) is 0 Å². The monoisotopic (exact) mass is 248 g/mol. The molecule has 2 saturated carbocycles. The summed E-state index contributed by atoms with van der Waals surface area (Å²) in [5.74, 6) is 1.18. The first-order chi connectivity index (χ1) is 8.86. The van der Waals surface area contributed by atoms with E-state index in [1.165, 1.54) is 63.6 Å². The number of nitrogens with two attached hydrogens (primary N) is 1. The molecule has 0 amide bonds. The van der Waals surface area contributed by atoms with E-state index in [-0.39, 0.29) is 5.41 Å². The van der Waals surface area contributed by atoms with Gasteiger partial charge in [0.05, 0.1) is 0 Å². The third-order valence-corrected chi connectivity index (χ3v) is 4.97. The maximum atomic E-state index is 6.12. The Labute approximate surface area is 109 Å². The van der Waals surface area contributed by atoms with Crippen LogP contribution < -0.4 is 5.73 Å². The summed E-state index contributed by atoms with van der Waals surface area (Å²) in [6, 6.07) is 0.625. The molecular formula is C14H24N4. The van der Waals surface area contributed by atoms with Crippen molar-refractivity contribution in [1.29, 1.82) is 0 Å². The molecule has 0 atom stereocenters. The zero-order valence-electron chi connectivity index (χ0n) is 11.1. The van der Waals surface area contributed by atoms with Crippen LogP contribution in [0.25, 0.3) is 0 Å². The van der Waals surface area contributed by atoms with Crippen LogP contribution in [0.1, 0.15) is 69.7 Å². The third kappa shape index (κ3) is 1.96. The lowest BCUT2D eigenvalue weighted by atomic mass is 9.73. The molecule has 2 N–H and O–H groups in total. The molecule has 0 bridgehead atoms. The lowest BCUT2D eigenvalue weighted by Gasteiger charge is -2.36. The van der Waals surface area contributed by atoms with E-state index in [0.29, 0.717) is 6.04 Å². The molecule has 0 unspecified atom stereocenters. The van der Waals surface area contributed by atoms with Crippen LogP contribution in [0.2, 0.25) is 0 Å². The fraction of sp³-hybridized carbons (Fsp3) is 0.857. The predicted molar refractivity (Wildman–Crippen MR) is 71.3 cm³/mol. The molecule has 0 aliphatic heterocycles. The average molecular weight is 248 g/mol. The molecule has 2 fully saturated rings. The van der Waals surface area contributed by atoms with Gasteiger partial charge in [-0.2, -0.15) is 0 Å². The van der Waals surface area contributed by atoms with Gasteiger partial charge in [0.1, 0.15) is 12.2 Å². The highest BCUT2D eigenvalue weighted by Gasteiger charge is 2.38. The van der Waals surface area contributed by atoms with Crippen LogP contribution in [0, 0.1) is 0 Å². The van der Waals surface area contributed by atoms with E-state index in [1.54, 1.807) is 0 Å². The lowest BCUT2D eigenvalue weighted by Crippen LogP contribution is -2.40. The minimum atomic E-state index is 0.108. The van der Waals surface area contributed by atoms with Gasteiger partial charge < -0.3 is 10.3 Å². The van der Waals surface area contributed by atoms with Crippen molar-refractivity contribution in [2.75, 3.05) is 6.54 Å². The van der Waals surface area contributed by atoms with Crippen molar-refractivity contribution in [2.24, 2.45) is 5.73 Å². The molecule has 0 spiro atoms. The second-order valence-electron chi connectivity index (χ2n) is 6.05. The summed E-state index contributed by atoms with van der Waals surface area (Å²) in [6.45, 7) is 0.721. The van der Waals surface area contributed by atoms with E-state index in [4.69, 9.17) is 5.73 Å². The molecular weight excluding hydrogens is 224 g/mol. The van der Waals surface area contributed by atoms with Crippen LogP contribution in [0.15, 0.2) is 6.33 Å². The van der Waals surface area contributed by atoms with Crippen molar-refractivity contribution < 1.29 is 0 Å². The highest BCUT2D eigenvalue weighted by atomic mass is 15.3. The Kier molecular flexibility index (Phi) is 3.37. The Morgan fingerprint density at radius 3 is 2.56 bits per heavy atom. The highest BCUT2D eigenvalue weighted by Crippen LogP contribution is 2.40. The van der Waals surface area contributed by atoms with Crippen molar-refractivity contribution in [3.05, 3.63) is 12.2 Å². The van der Waals surface area contributed by atoms with Crippen LogP contribution >= 0.6 is 0 Å². The lowest BCUT2D eigenvalue weighted by molar-refractivity contribution is 0.269. The summed E-state index contributed by atoms with van der Waals surface area (Å²) in [6.07, 6.45) is 13.5. The minimum Gasteiger partial charge on any atom is -0.329 e. The summed E-state index contributed by atoms with van der Waals surface area (Å²) in [7, 11) is 0. The Morgan fingerprint density at radius 2 is 1.89 bits per heavy atom. The van der Waals surface area contributed by atoms with Gasteiger partial charge in [-0.15, -0.1) is 10.2 Å². The third-order valence-electron chi connectivity index (χ3n) is 4.97. The Bertz CT molecular complexity index is 386. The van der Waals surface area contributed by atoms with Crippen LogP contribution in [-0.2, 0) is 5.41 Å². The maximum Gasteiger partial charge on any atom is 0.140 e. The topological polar surface area (TPSA) is 56.7 Å². The smallest absolute Gasteiger partial charge is 0.140 e. The molecule has 1 heterocycles. The van der Waals surface area contributed by atoms with Crippen LogP contribution in [-0.4, -0.2) is 21.3 Å². The molecule has 4 heteroatoms. The normalized spacial score (nSPS) is 24.5. The Hall–Kier alpha value is -0.900. The van der Waals surface area contributed by atoms with Gasteiger partial charge in [0.15, 0.2) is 0 Å². The van der Waals surface area contributed by atoms with Gasteiger partial charge in [-0.25, -0.2) is 0 Å². The van der Waals surface area contributed by atoms with E-state index < -0.39 is 0 Å². The molecule has 0 aromatic carbocycles. The summed E-state index contributed by atoms with van der Waals surface area (Å²) < 4.78 is 2.35. The minimum absolute atomic E-state index is 0.108. The predicted octanol–water partition coefficient (Wildman–Crippen LogP) is 2.55. The molecule has 1 aromatic heterocycles. The molecule has 0 saturated heterocycles. The van der Waals surface area contributed by atoms with Crippen LogP contribution in [0.3, 0.4) is 0 Å². The summed E-state index contributed by atoms with van der Waals surface area (Å²) >= 11 is 0. The molecule has 2 aliphatic carbocycles. The molecule has 4 nitrogen and oxygen atoms in total. The summed E-state index contributed by atoms with van der Waals surface area (Å²) in [5, 5.41) is 8.65. The highest BCUT2D eigenvalue weighted by molar-refractivity contribution is 5.12. The van der Waals surface area contributed by atoms with Crippen molar-refractivity contribution >= 4 is 0 Å². The SMILES string of the molecule is NCC1(c2nncn2C2CCCC2)CCCCC1. The van der Waals surface area contributed by atoms with Crippen molar-refractivity contribution in [1.82, 2.24) is 14.8 Å². The summed E-state index contributed by atoms with van der Waals surface area (Å²) in [5.41, 5.74) is 6.22. The number of hydrogen-bond donors (Lipinski definition) is 1. The van der Waals surface area contributed by atoms with E-state index in [0.717, 1.165) is 6.54 Å². The van der Waals surface area contributed by atoms with Gasteiger partial charge in [0, 0.05) is 18.0 Å². The fourth-order valence-corrected chi connectivity index (χ4v) is 3.82. The van der Waals surface area contributed by atoms with E-state index in [1.807, 2.05) is 6.33 Å². The molecule has 100 valence electrons. The largest absolute Gasteiger partial charge is 0.329 e. The number of nitrogens with zero attached hydrogens (tertiary/aromatic N) is 3. The zero-order valence-corrected chi connectivity index (χ0v) is 11.1. The number of hydrogen-bond acceptors (Lipinski definition) is 3. The first-order valence-electron chi connectivity index (χ1n) is 7.46. The molecule has 2 aliphatic rings. The van der Waals surface area contributed by atoms with Gasteiger partial charge in [-0.3, -0.25) is 0 Å². The first kappa shape index (κ1) is 12.2. The van der Waals surface area contributed by atoms with Crippen molar-refractivity contribution in [3.63, 3.8) is 0 Å². The van der Waals surface area contributed by atoms with E-state index in [9.17, 15) is 0 Å². The van der Waals surface area contributed by atoms with Crippen molar-refractivity contribution in [3.8, 4) is 0 Å². The molecule has 1 aromatic rings. The second kappa shape index (κ2) is 5.00. The van der Waals surface area contributed by atoms with E-state index in [2.05, 4.69) is 14.8 Å². The standard InChI is InChI=1S/C14H24N4/c15-10-14(8-4-1-5-9-14)13-17-16-11-18(13)12-6-2-3-7-12/h11-12H,1-10,15H2. The molecule has 18 heavy (non-hydrogen) atoms. The quantitative estimate of drug-likeness (QED) is 0.894.